The van der Waals surface area contributed by atoms with Gasteiger partial charge in [0, 0.05) is 3.57 Å². The van der Waals surface area contributed by atoms with Gasteiger partial charge in [-0.1, -0.05) is 19.1 Å². The Morgan fingerprint density at radius 1 is 1.19 bits per heavy atom. The minimum absolute atomic E-state index is 0.206. The number of hydrogen-bond acceptors (Lipinski definition) is 3. The van der Waals surface area contributed by atoms with E-state index in [1.807, 2.05) is 25.1 Å². The Kier molecular flexibility index (Phi) is 5.32. The molecule has 0 aliphatic heterocycles. The second-order valence-corrected chi connectivity index (χ2v) is 5.54. The standard InChI is InChI=1S/C16H15IN2O2/c1-2-15(11-7-9-12(20)10-8-11)18-19-16(21)13-5-3-4-6-14(13)17/h3-10,20H,2H2,1H3,(H,19,21)/b18-15-. The number of amides is 1. The van der Waals surface area contributed by atoms with E-state index in [4.69, 9.17) is 0 Å². The number of hydrazone groups is 1. The van der Waals surface area contributed by atoms with E-state index in [-0.39, 0.29) is 11.7 Å². The minimum Gasteiger partial charge on any atom is -0.508 e. The highest BCUT2D eigenvalue weighted by Gasteiger charge is 2.09. The predicted octanol–water partition coefficient (Wildman–Crippen LogP) is 3.54. The molecule has 0 unspecified atom stereocenters. The third-order valence-electron chi connectivity index (χ3n) is 2.95. The minimum atomic E-state index is -0.232. The molecule has 0 saturated heterocycles. The van der Waals surface area contributed by atoms with Crippen molar-refractivity contribution >= 4 is 34.2 Å². The third kappa shape index (κ3) is 4.04. The van der Waals surface area contributed by atoms with Crippen LogP contribution in [-0.2, 0) is 0 Å². The van der Waals surface area contributed by atoms with E-state index >= 15 is 0 Å². The van der Waals surface area contributed by atoms with Crippen molar-refractivity contribution in [2.75, 3.05) is 0 Å². The average molecular weight is 394 g/mol. The highest BCUT2D eigenvalue weighted by atomic mass is 127. The number of rotatable bonds is 4. The number of nitrogens with one attached hydrogen (secondary N) is 1. The molecular formula is C16H15IN2O2. The fraction of sp³-hybridized carbons (Fsp3) is 0.125. The maximum atomic E-state index is 12.1. The summed E-state index contributed by atoms with van der Waals surface area (Å²) in [7, 11) is 0. The summed E-state index contributed by atoms with van der Waals surface area (Å²) < 4.78 is 0.880. The van der Waals surface area contributed by atoms with Crippen molar-refractivity contribution in [2.45, 2.75) is 13.3 Å². The second kappa shape index (κ2) is 7.21. The second-order valence-electron chi connectivity index (χ2n) is 4.38. The monoisotopic (exact) mass is 394 g/mol. The zero-order valence-electron chi connectivity index (χ0n) is 11.5. The fourth-order valence-electron chi connectivity index (χ4n) is 1.83. The molecule has 2 aromatic carbocycles. The molecule has 0 saturated carbocycles. The Bertz CT molecular complexity index is 666. The number of nitrogens with zero attached hydrogens (tertiary/aromatic N) is 1. The van der Waals surface area contributed by atoms with E-state index in [0.29, 0.717) is 12.0 Å². The van der Waals surface area contributed by atoms with Crippen molar-refractivity contribution < 1.29 is 9.90 Å². The Morgan fingerprint density at radius 2 is 1.86 bits per heavy atom. The van der Waals surface area contributed by atoms with Crippen LogP contribution in [0.4, 0.5) is 0 Å². The van der Waals surface area contributed by atoms with Crippen LogP contribution in [0.2, 0.25) is 0 Å². The quantitative estimate of drug-likeness (QED) is 0.474. The molecule has 0 bridgehead atoms. The lowest BCUT2D eigenvalue weighted by molar-refractivity contribution is 0.0954. The molecule has 0 atom stereocenters. The maximum absolute atomic E-state index is 12.1. The average Bonchev–Trinajstić information content (AvgIpc) is 2.49. The van der Waals surface area contributed by atoms with Crippen LogP contribution in [0, 0.1) is 3.57 Å². The fourth-order valence-corrected chi connectivity index (χ4v) is 2.46. The number of carbonyl (C=O) groups is 1. The SMILES string of the molecule is CC/C(=N/NC(=O)c1ccccc1I)c1ccc(O)cc1. The van der Waals surface area contributed by atoms with E-state index in [9.17, 15) is 9.90 Å². The van der Waals surface area contributed by atoms with Gasteiger partial charge in [-0.2, -0.15) is 5.10 Å². The first-order valence-corrected chi connectivity index (χ1v) is 7.60. The number of benzene rings is 2. The largest absolute Gasteiger partial charge is 0.508 e. The Balaban J connectivity index is 2.16. The number of aromatic hydroxyl groups is 1. The summed E-state index contributed by atoms with van der Waals surface area (Å²) in [6, 6.07) is 14.1. The van der Waals surface area contributed by atoms with Gasteiger partial charge in [0.15, 0.2) is 0 Å². The predicted molar refractivity (Wildman–Crippen MR) is 91.6 cm³/mol. The van der Waals surface area contributed by atoms with E-state index < -0.39 is 0 Å². The van der Waals surface area contributed by atoms with Crippen LogP contribution in [0.5, 0.6) is 5.75 Å². The van der Waals surface area contributed by atoms with Crippen molar-refractivity contribution in [1.82, 2.24) is 5.43 Å². The summed E-state index contributed by atoms with van der Waals surface area (Å²) >= 11 is 2.12. The molecule has 0 aliphatic carbocycles. The first kappa shape index (κ1) is 15.5. The molecule has 2 aromatic rings. The highest BCUT2D eigenvalue weighted by molar-refractivity contribution is 14.1. The maximum Gasteiger partial charge on any atom is 0.272 e. The summed E-state index contributed by atoms with van der Waals surface area (Å²) in [5, 5.41) is 13.5. The van der Waals surface area contributed by atoms with Crippen molar-refractivity contribution in [3.8, 4) is 5.75 Å². The molecule has 5 heteroatoms. The number of halogens is 1. The van der Waals surface area contributed by atoms with Crippen molar-refractivity contribution in [2.24, 2.45) is 5.10 Å². The van der Waals surface area contributed by atoms with Crippen LogP contribution in [0.15, 0.2) is 53.6 Å². The van der Waals surface area contributed by atoms with Gasteiger partial charge >= 0.3 is 0 Å². The normalized spacial score (nSPS) is 11.2. The first-order chi connectivity index (χ1) is 10.1. The number of phenols is 1. The van der Waals surface area contributed by atoms with Crippen molar-refractivity contribution in [3.05, 3.63) is 63.2 Å². The number of carbonyl (C=O) groups excluding carboxylic acids is 1. The molecule has 2 rings (SSSR count). The van der Waals surface area contributed by atoms with E-state index in [1.165, 1.54) is 0 Å². The lowest BCUT2D eigenvalue weighted by Gasteiger charge is -2.06. The van der Waals surface area contributed by atoms with Gasteiger partial charge in [0.1, 0.15) is 5.75 Å². The Labute approximate surface area is 137 Å². The zero-order valence-corrected chi connectivity index (χ0v) is 13.7. The lowest BCUT2D eigenvalue weighted by atomic mass is 10.1. The van der Waals surface area contributed by atoms with Crippen LogP contribution in [0.25, 0.3) is 0 Å². The van der Waals surface area contributed by atoms with Crippen LogP contribution in [0.3, 0.4) is 0 Å². The van der Waals surface area contributed by atoms with Crippen LogP contribution < -0.4 is 5.43 Å². The van der Waals surface area contributed by atoms with Gasteiger partial charge in [-0.3, -0.25) is 4.79 Å². The molecule has 2 N–H and O–H groups in total. The molecule has 21 heavy (non-hydrogen) atoms. The number of hydrogen-bond donors (Lipinski definition) is 2. The highest BCUT2D eigenvalue weighted by Crippen LogP contribution is 2.13. The van der Waals surface area contributed by atoms with Crippen LogP contribution in [0.1, 0.15) is 29.3 Å². The van der Waals surface area contributed by atoms with Gasteiger partial charge in [0.05, 0.1) is 11.3 Å². The first-order valence-electron chi connectivity index (χ1n) is 6.52. The van der Waals surface area contributed by atoms with Crippen LogP contribution >= 0.6 is 22.6 Å². The lowest BCUT2D eigenvalue weighted by Crippen LogP contribution is -2.20. The molecule has 0 aromatic heterocycles. The summed E-state index contributed by atoms with van der Waals surface area (Å²) in [6.45, 7) is 1.96. The third-order valence-corrected chi connectivity index (χ3v) is 3.89. The van der Waals surface area contributed by atoms with Gasteiger partial charge in [-0.25, -0.2) is 5.43 Å². The van der Waals surface area contributed by atoms with Gasteiger partial charge in [0.25, 0.3) is 5.91 Å². The molecule has 108 valence electrons. The molecule has 0 radical (unpaired) electrons. The Hall–Kier alpha value is -1.89. The topological polar surface area (TPSA) is 61.7 Å². The van der Waals surface area contributed by atoms with Gasteiger partial charge in [-0.05, 0) is 71.0 Å². The Morgan fingerprint density at radius 3 is 2.48 bits per heavy atom. The van der Waals surface area contributed by atoms with E-state index in [0.717, 1.165) is 14.8 Å². The van der Waals surface area contributed by atoms with Gasteiger partial charge in [-0.15, -0.1) is 0 Å². The molecule has 0 aliphatic rings. The summed E-state index contributed by atoms with van der Waals surface area (Å²) in [5.41, 5.74) is 4.82. The van der Waals surface area contributed by atoms with Gasteiger partial charge in [0.2, 0.25) is 0 Å². The van der Waals surface area contributed by atoms with Crippen molar-refractivity contribution in [1.29, 1.82) is 0 Å². The number of phenolic OH excluding ortho intramolecular Hbond substituents is 1. The van der Waals surface area contributed by atoms with Crippen LogP contribution in [-0.4, -0.2) is 16.7 Å². The van der Waals surface area contributed by atoms with E-state index in [2.05, 4.69) is 33.1 Å². The van der Waals surface area contributed by atoms with Gasteiger partial charge < -0.3 is 5.11 Å². The molecular weight excluding hydrogens is 379 g/mol. The van der Waals surface area contributed by atoms with Crippen molar-refractivity contribution in [3.63, 3.8) is 0 Å². The summed E-state index contributed by atoms with van der Waals surface area (Å²) in [5.74, 6) is -0.0261. The van der Waals surface area contributed by atoms with E-state index in [1.54, 1.807) is 30.3 Å². The zero-order chi connectivity index (χ0) is 15.2. The molecule has 1 amide bonds. The summed E-state index contributed by atoms with van der Waals surface area (Å²) in [4.78, 5) is 12.1. The molecule has 0 fully saturated rings. The molecule has 0 spiro atoms. The smallest absolute Gasteiger partial charge is 0.272 e. The molecule has 0 heterocycles. The molecule has 4 nitrogen and oxygen atoms in total. The summed E-state index contributed by atoms with van der Waals surface area (Å²) in [6.07, 6.45) is 0.678.